The van der Waals surface area contributed by atoms with E-state index >= 15 is 0 Å². The highest BCUT2D eigenvalue weighted by Crippen LogP contribution is 2.50. The van der Waals surface area contributed by atoms with Gasteiger partial charge in [-0.2, -0.15) is 0 Å². The van der Waals surface area contributed by atoms with Gasteiger partial charge in [-0.15, -0.1) is 6.42 Å². The van der Waals surface area contributed by atoms with Crippen molar-refractivity contribution in [2.24, 2.45) is 16.2 Å². The van der Waals surface area contributed by atoms with Gasteiger partial charge in [0.25, 0.3) is 0 Å². The summed E-state index contributed by atoms with van der Waals surface area (Å²) >= 11 is 0. The van der Waals surface area contributed by atoms with Gasteiger partial charge in [0, 0.05) is 23.5 Å². The summed E-state index contributed by atoms with van der Waals surface area (Å²) in [5, 5.41) is 0. The Labute approximate surface area is 228 Å². The van der Waals surface area contributed by atoms with Gasteiger partial charge in [-0.25, -0.2) is 4.98 Å². The van der Waals surface area contributed by atoms with Gasteiger partial charge in [0.05, 0.1) is 29.7 Å². The van der Waals surface area contributed by atoms with Gasteiger partial charge in [0.1, 0.15) is 17.3 Å². The molecule has 0 amide bonds. The Hall–Kier alpha value is -2.84. The smallest absolute Gasteiger partial charge is 0.189 e. The van der Waals surface area contributed by atoms with E-state index < -0.39 is 5.41 Å². The molecule has 1 saturated heterocycles. The SMILES string of the molecule is C#Cc1cc2c(cc1OC(C)C)-n1c(C3=CCCC3(C)C)nc(C(=O)C3(C)CCCOCC3(C)C)c1CC2. The van der Waals surface area contributed by atoms with Gasteiger partial charge in [0.15, 0.2) is 5.78 Å². The Morgan fingerprint density at radius 1 is 1.16 bits per heavy atom. The maximum absolute atomic E-state index is 14.6. The zero-order valence-corrected chi connectivity index (χ0v) is 24.2. The van der Waals surface area contributed by atoms with Gasteiger partial charge in [-0.1, -0.05) is 46.6 Å². The number of terminal acetylenes is 1. The van der Waals surface area contributed by atoms with Crippen LogP contribution < -0.4 is 4.74 Å². The fourth-order valence-electron chi connectivity index (χ4n) is 6.46. The fraction of sp³-hybridized carbons (Fsp3) is 0.576. The largest absolute Gasteiger partial charge is 0.490 e. The zero-order chi connectivity index (χ0) is 27.5. The molecule has 0 radical (unpaired) electrons. The quantitative estimate of drug-likeness (QED) is 0.319. The van der Waals surface area contributed by atoms with Crippen LogP contribution in [0.1, 0.15) is 107 Å². The van der Waals surface area contributed by atoms with Crippen LogP contribution in [0.25, 0.3) is 11.3 Å². The lowest BCUT2D eigenvalue weighted by Crippen LogP contribution is -2.44. The molecule has 1 atom stereocenters. The van der Waals surface area contributed by atoms with Gasteiger partial charge >= 0.3 is 0 Å². The van der Waals surface area contributed by atoms with E-state index in [9.17, 15) is 4.79 Å². The molecular weight excluding hydrogens is 472 g/mol. The predicted octanol–water partition coefficient (Wildman–Crippen LogP) is 6.97. The Morgan fingerprint density at radius 2 is 1.92 bits per heavy atom. The molecule has 1 aromatic carbocycles. The highest BCUT2D eigenvalue weighted by molar-refractivity contribution is 6.01. The average molecular weight is 515 g/mol. The molecule has 5 rings (SSSR count). The second-order valence-corrected chi connectivity index (χ2v) is 13.1. The van der Waals surface area contributed by atoms with E-state index in [1.165, 1.54) is 11.1 Å². The van der Waals surface area contributed by atoms with E-state index in [1.54, 1.807) is 0 Å². The molecule has 5 nitrogen and oxygen atoms in total. The molecule has 2 aliphatic heterocycles. The number of imidazole rings is 1. The van der Waals surface area contributed by atoms with Crippen LogP contribution in [0.4, 0.5) is 0 Å². The third-order valence-electron chi connectivity index (χ3n) is 9.27. The molecule has 0 bridgehead atoms. The van der Waals surface area contributed by atoms with Crippen molar-refractivity contribution < 1.29 is 14.3 Å². The Bertz CT molecular complexity index is 1350. The maximum Gasteiger partial charge on any atom is 0.189 e. The van der Waals surface area contributed by atoms with E-state index in [2.05, 4.69) is 63.3 Å². The molecule has 3 heterocycles. The number of allylic oxidation sites excluding steroid dienone is 2. The van der Waals surface area contributed by atoms with Crippen LogP contribution in [0.3, 0.4) is 0 Å². The third kappa shape index (κ3) is 4.22. The number of ketones is 1. The number of fused-ring (bicyclic) bond motifs is 3. The molecular formula is C33H42N2O3. The molecule has 2 aromatic rings. The van der Waals surface area contributed by atoms with Crippen molar-refractivity contribution in [3.05, 3.63) is 46.5 Å². The number of aryl methyl sites for hydroxylation is 1. The average Bonchev–Trinajstić information content (AvgIpc) is 3.36. The summed E-state index contributed by atoms with van der Waals surface area (Å²) in [7, 11) is 0. The number of rotatable bonds is 5. The molecule has 1 unspecified atom stereocenters. The number of ether oxygens (including phenoxy) is 2. The minimum atomic E-state index is -0.560. The van der Waals surface area contributed by atoms with E-state index in [-0.39, 0.29) is 22.7 Å². The molecule has 1 aliphatic carbocycles. The summed E-state index contributed by atoms with van der Waals surface area (Å²) in [6.45, 7) is 16.3. The van der Waals surface area contributed by atoms with Crippen LogP contribution in [0.15, 0.2) is 18.2 Å². The number of aromatic nitrogens is 2. The predicted molar refractivity (Wildman–Crippen MR) is 152 cm³/mol. The lowest BCUT2D eigenvalue weighted by molar-refractivity contribution is 0.0152. The highest BCUT2D eigenvalue weighted by Gasteiger charge is 2.50. The molecule has 202 valence electrons. The minimum Gasteiger partial charge on any atom is -0.490 e. The number of nitrogens with zero attached hydrogens (tertiary/aromatic N) is 2. The third-order valence-corrected chi connectivity index (χ3v) is 9.27. The molecule has 0 N–H and O–H groups in total. The van der Waals surface area contributed by atoms with Crippen molar-refractivity contribution >= 4 is 11.4 Å². The molecule has 0 saturated carbocycles. The van der Waals surface area contributed by atoms with Crippen LogP contribution in [0.2, 0.25) is 0 Å². The highest BCUT2D eigenvalue weighted by atomic mass is 16.5. The monoisotopic (exact) mass is 514 g/mol. The second-order valence-electron chi connectivity index (χ2n) is 13.1. The van der Waals surface area contributed by atoms with Gasteiger partial charge in [-0.3, -0.25) is 9.36 Å². The zero-order valence-electron chi connectivity index (χ0n) is 24.2. The number of hydrogen-bond acceptors (Lipinski definition) is 4. The number of Topliss-reactive ketones (excluding diaryl/α,β-unsaturated/α-hetero) is 1. The number of hydrogen-bond donors (Lipinski definition) is 0. The number of benzene rings is 1. The Morgan fingerprint density at radius 3 is 2.58 bits per heavy atom. The fourth-order valence-corrected chi connectivity index (χ4v) is 6.46. The lowest BCUT2D eigenvalue weighted by atomic mass is 9.62. The van der Waals surface area contributed by atoms with Crippen molar-refractivity contribution in [1.29, 1.82) is 0 Å². The number of carbonyl (C=O) groups excluding carboxylic acids is 1. The molecule has 5 heteroatoms. The van der Waals surface area contributed by atoms with Crippen molar-refractivity contribution in [3.63, 3.8) is 0 Å². The molecule has 1 aromatic heterocycles. The first-order chi connectivity index (χ1) is 17.9. The van der Waals surface area contributed by atoms with Gasteiger partial charge < -0.3 is 9.47 Å². The van der Waals surface area contributed by atoms with Crippen molar-refractivity contribution in [2.75, 3.05) is 13.2 Å². The Balaban J connectivity index is 1.74. The molecule has 1 fully saturated rings. The summed E-state index contributed by atoms with van der Waals surface area (Å²) in [4.78, 5) is 19.8. The maximum atomic E-state index is 14.6. The van der Waals surface area contributed by atoms with Crippen molar-refractivity contribution in [1.82, 2.24) is 9.55 Å². The van der Waals surface area contributed by atoms with E-state index in [1.807, 2.05) is 13.8 Å². The van der Waals surface area contributed by atoms with Gasteiger partial charge in [0.2, 0.25) is 0 Å². The Kier molecular flexibility index (Phi) is 6.63. The first-order valence-corrected chi connectivity index (χ1v) is 14.2. The van der Waals surface area contributed by atoms with Gasteiger partial charge in [-0.05, 0) is 75.0 Å². The summed E-state index contributed by atoms with van der Waals surface area (Å²) in [5.74, 6) is 4.55. The van der Waals surface area contributed by atoms with Crippen LogP contribution in [0, 0.1) is 28.6 Å². The van der Waals surface area contributed by atoms with Crippen molar-refractivity contribution in [2.45, 2.75) is 93.1 Å². The first-order valence-electron chi connectivity index (χ1n) is 14.2. The van der Waals surface area contributed by atoms with E-state index in [0.29, 0.717) is 24.7 Å². The second kappa shape index (κ2) is 9.42. The minimum absolute atomic E-state index is 0.00119. The van der Waals surface area contributed by atoms with E-state index in [0.717, 1.165) is 61.3 Å². The molecule has 3 aliphatic rings. The van der Waals surface area contributed by atoms with Crippen LogP contribution in [-0.2, 0) is 17.6 Å². The normalized spacial score (nSPS) is 23.7. The summed E-state index contributed by atoms with van der Waals surface area (Å²) < 4.78 is 14.3. The van der Waals surface area contributed by atoms with Crippen LogP contribution >= 0.6 is 0 Å². The molecule has 38 heavy (non-hydrogen) atoms. The molecule has 0 spiro atoms. The summed E-state index contributed by atoms with van der Waals surface area (Å²) in [6, 6.07) is 4.16. The summed E-state index contributed by atoms with van der Waals surface area (Å²) in [6.07, 6.45) is 13.5. The topological polar surface area (TPSA) is 53.4 Å². The standard InChI is InChI=1S/C33H42N2O3/c1-9-22-18-23-13-14-25-28(29(36)33(8)16-11-17-37-20-32(33,6)7)34-30(24-12-10-15-31(24,4)5)35(25)26(23)19-27(22)38-21(2)3/h1,12,18-19,21H,10-11,13-17,20H2,2-8H3. The van der Waals surface area contributed by atoms with Crippen LogP contribution in [0.5, 0.6) is 5.75 Å². The summed E-state index contributed by atoms with van der Waals surface area (Å²) in [5.41, 5.74) is 4.94. The van der Waals surface area contributed by atoms with Crippen molar-refractivity contribution in [3.8, 4) is 23.8 Å². The first kappa shape index (κ1) is 26.8. The van der Waals surface area contributed by atoms with E-state index in [4.69, 9.17) is 20.9 Å². The lowest BCUT2D eigenvalue weighted by Gasteiger charge is -2.41. The van der Waals surface area contributed by atoms with Crippen LogP contribution in [-0.4, -0.2) is 34.7 Å². The number of carbonyl (C=O) groups is 1.